The molecular formula is C22H25ClN4O2. The fourth-order valence-corrected chi connectivity index (χ4v) is 3.92. The van der Waals surface area contributed by atoms with E-state index in [1.807, 2.05) is 35.2 Å². The van der Waals surface area contributed by atoms with Crippen LogP contribution in [0.2, 0.25) is 5.02 Å². The third kappa shape index (κ3) is 4.53. The van der Waals surface area contributed by atoms with Gasteiger partial charge in [-0.25, -0.2) is 4.98 Å². The maximum absolute atomic E-state index is 12.9. The van der Waals surface area contributed by atoms with Crippen LogP contribution < -0.4 is 0 Å². The Hall–Kier alpha value is -2.60. The predicted molar refractivity (Wildman–Crippen MR) is 111 cm³/mol. The summed E-state index contributed by atoms with van der Waals surface area (Å²) in [5, 5.41) is 7.87. The molecule has 0 bridgehead atoms. The molecule has 6 nitrogen and oxygen atoms in total. The largest absolute Gasteiger partial charge is 0.445 e. The van der Waals surface area contributed by atoms with Crippen molar-refractivity contribution in [3.05, 3.63) is 70.2 Å². The highest BCUT2D eigenvalue weighted by atomic mass is 35.5. The van der Waals surface area contributed by atoms with Crippen molar-refractivity contribution in [3.63, 3.8) is 0 Å². The molecule has 29 heavy (non-hydrogen) atoms. The molecule has 1 atom stereocenters. The van der Waals surface area contributed by atoms with Crippen LogP contribution in [0, 0.1) is 0 Å². The molecule has 3 aromatic rings. The SMILES string of the molecule is CC(C)c1cc(C(=O)N2CCC[C@H](c3ncc(Cc4cccc(Cl)c4)o3)C2)n[nH]1. The quantitative estimate of drug-likeness (QED) is 0.654. The second-order valence-electron chi connectivity index (χ2n) is 7.93. The summed E-state index contributed by atoms with van der Waals surface area (Å²) in [6.45, 7) is 5.47. The Balaban J connectivity index is 1.43. The fraction of sp³-hybridized carbons (Fsp3) is 0.409. The molecule has 0 aliphatic carbocycles. The lowest BCUT2D eigenvalue weighted by molar-refractivity contribution is 0.0692. The van der Waals surface area contributed by atoms with E-state index < -0.39 is 0 Å². The van der Waals surface area contributed by atoms with E-state index in [-0.39, 0.29) is 11.8 Å². The van der Waals surface area contributed by atoms with Crippen molar-refractivity contribution >= 4 is 17.5 Å². The highest BCUT2D eigenvalue weighted by Gasteiger charge is 2.29. The maximum atomic E-state index is 12.9. The number of hydrogen-bond donors (Lipinski definition) is 1. The van der Waals surface area contributed by atoms with Crippen molar-refractivity contribution in [2.24, 2.45) is 0 Å². The molecule has 1 amide bonds. The number of carbonyl (C=O) groups is 1. The van der Waals surface area contributed by atoms with Gasteiger partial charge in [-0.2, -0.15) is 5.10 Å². The molecule has 0 unspecified atom stereocenters. The number of carbonyl (C=O) groups excluding carboxylic acids is 1. The lowest BCUT2D eigenvalue weighted by Crippen LogP contribution is -2.39. The number of aromatic amines is 1. The molecule has 4 rings (SSSR count). The molecule has 1 aliphatic rings. The molecule has 152 valence electrons. The molecule has 1 fully saturated rings. The number of H-pyrrole nitrogens is 1. The Kier molecular flexibility index (Phi) is 5.72. The zero-order chi connectivity index (χ0) is 20.4. The van der Waals surface area contributed by atoms with E-state index in [4.69, 9.17) is 16.0 Å². The second-order valence-corrected chi connectivity index (χ2v) is 8.36. The molecular weight excluding hydrogens is 388 g/mol. The van der Waals surface area contributed by atoms with Crippen LogP contribution in [0.5, 0.6) is 0 Å². The number of nitrogens with one attached hydrogen (secondary N) is 1. The van der Waals surface area contributed by atoms with E-state index in [0.29, 0.717) is 35.5 Å². The number of aromatic nitrogens is 3. The monoisotopic (exact) mass is 412 g/mol. The summed E-state index contributed by atoms with van der Waals surface area (Å²) in [7, 11) is 0. The molecule has 1 saturated heterocycles. The Bertz CT molecular complexity index is 994. The summed E-state index contributed by atoms with van der Waals surface area (Å²) in [6, 6.07) is 9.59. The third-order valence-electron chi connectivity index (χ3n) is 5.34. The van der Waals surface area contributed by atoms with Gasteiger partial charge in [0.25, 0.3) is 5.91 Å². The van der Waals surface area contributed by atoms with Gasteiger partial charge in [0.15, 0.2) is 5.89 Å². The molecule has 0 saturated carbocycles. The van der Waals surface area contributed by atoms with Gasteiger partial charge >= 0.3 is 0 Å². The van der Waals surface area contributed by atoms with Crippen LogP contribution in [-0.2, 0) is 6.42 Å². The zero-order valence-corrected chi connectivity index (χ0v) is 17.4. The van der Waals surface area contributed by atoms with Crippen LogP contribution in [0.25, 0.3) is 0 Å². The summed E-state index contributed by atoms with van der Waals surface area (Å²) in [4.78, 5) is 19.2. The first kappa shape index (κ1) is 19.7. The maximum Gasteiger partial charge on any atom is 0.274 e. The number of likely N-dealkylation sites (tertiary alicyclic amines) is 1. The molecule has 3 heterocycles. The zero-order valence-electron chi connectivity index (χ0n) is 16.7. The van der Waals surface area contributed by atoms with Gasteiger partial charge in [-0.15, -0.1) is 0 Å². The molecule has 1 aliphatic heterocycles. The minimum atomic E-state index is -0.0384. The molecule has 0 spiro atoms. The second kappa shape index (κ2) is 8.41. The van der Waals surface area contributed by atoms with Crippen LogP contribution in [0.1, 0.15) is 71.9 Å². The summed E-state index contributed by atoms with van der Waals surface area (Å²) in [5.74, 6) is 1.88. The topological polar surface area (TPSA) is 75.0 Å². The van der Waals surface area contributed by atoms with Gasteiger partial charge < -0.3 is 9.32 Å². The van der Waals surface area contributed by atoms with Crippen LogP contribution in [0.4, 0.5) is 0 Å². The van der Waals surface area contributed by atoms with E-state index in [0.717, 1.165) is 36.4 Å². The van der Waals surface area contributed by atoms with E-state index in [9.17, 15) is 4.79 Å². The standard InChI is InChI=1S/C22H25ClN4O2/c1-14(2)19-11-20(26-25-19)22(28)27-8-4-6-16(13-27)21-24-12-18(29-21)10-15-5-3-7-17(23)9-15/h3,5,7,9,11-12,14,16H,4,6,8,10,13H2,1-2H3,(H,25,26)/t16-/m0/s1. The number of amides is 1. The highest BCUT2D eigenvalue weighted by molar-refractivity contribution is 6.30. The minimum absolute atomic E-state index is 0.0384. The summed E-state index contributed by atoms with van der Waals surface area (Å²) < 4.78 is 6.02. The highest BCUT2D eigenvalue weighted by Crippen LogP contribution is 2.28. The first-order chi connectivity index (χ1) is 14.0. The summed E-state index contributed by atoms with van der Waals surface area (Å²) in [5.41, 5.74) is 2.53. The number of hydrogen-bond acceptors (Lipinski definition) is 4. The average Bonchev–Trinajstić information content (AvgIpc) is 3.37. The van der Waals surface area contributed by atoms with Gasteiger partial charge in [-0.05, 0) is 42.5 Å². The Labute approximate surface area is 175 Å². The summed E-state index contributed by atoms with van der Waals surface area (Å²) >= 11 is 6.06. The Morgan fingerprint density at radius 2 is 2.24 bits per heavy atom. The lowest BCUT2D eigenvalue weighted by Gasteiger charge is -2.30. The number of rotatable bonds is 5. The number of piperidine rings is 1. The number of halogens is 1. The fourth-order valence-electron chi connectivity index (χ4n) is 3.71. The van der Waals surface area contributed by atoms with E-state index in [1.165, 1.54) is 0 Å². The first-order valence-electron chi connectivity index (χ1n) is 10.0. The van der Waals surface area contributed by atoms with Crippen molar-refractivity contribution in [3.8, 4) is 0 Å². The Morgan fingerprint density at radius 1 is 1.38 bits per heavy atom. The van der Waals surface area contributed by atoms with Crippen molar-refractivity contribution < 1.29 is 9.21 Å². The number of nitrogens with zero attached hydrogens (tertiary/aromatic N) is 3. The van der Waals surface area contributed by atoms with Gasteiger partial charge in [-0.3, -0.25) is 9.89 Å². The third-order valence-corrected chi connectivity index (χ3v) is 5.57. The smallest absolute Gasteiger partial charge is 0.274 e. The first-order valence-corrected chi connectivity index (χ1v) is 10.4. The number of oxazole rings is 1. The van der Waals surface area contributed by atoms with Crippen LogP contribution in [0.3, 0.4) is 0 Å². The normalized spacial score (nSPS) is 17.1. The lowest BCUT2D eigenvalue weighted by atomic mass is 9.97. The van der Waals surface area contributed by atoms with Crippen molar-refractivity contribution in [1.82, 2.24) is 20.1 Å². The number of benzene rings is 1. The van der Waals surface area contributed by atoms with E-state index >= 15 is 0 Å². The van der Waals surface area contributed by atoms with Crippen molar-refractivity contribution in [2.75, 3.05) is 13.1 Å². The minimum Gasteiger partial charge on any atom is -0.445 e. The molecule has 7 heteroatoms. The van der Waals surface area contributed by atoms with Crippen LogP contribution >= 0.6 is 11.6 Å². The predicted octanol–water partition coefficient (Wildman–Crippen LogP) is 4.79. The van der Waals surface area contributed by atoms with E-state index in [1.54, 1.807) is 6.20 Å². The van der Waals surface area contributed by atoms with E-state index in [2.05, 4.69) is 29.0 Å². The Morgan fingerprint density at radius 3 is 3.00 bits per heavy atom. The molecule has 0 radical (unpaired) electrons. The molecule has 1 aromatic carbocycles. The van der Waals surface area contributed by atoms with Crippen LogP contribution in [-0.4, -0.2) is 39.1 Å². The van der Waals surface area contributed by atoms with Gasteiger partial charge in [0.05, 0.1) is 12.1 Å². The summed E-state index contributed by atoms with van der Waals surface area (Å²) in [6.07, 6.45) is 4.30. The van der Waals surface area contributed by atoms with Crippen molar-refractivity contribution in [1.29, 1.82) is 0 Å². The van der Waals surface area contributed by atoms with Gasteiger partial charge in [0.2, 0.25) is 0 Å². The average molecular weight is 413 g/mol. The van der Waals surface area contributed by atoms with Crippen LogP contribution in [0.15, 0.2) is 40.9 Å². The van der Waals surface area contributed by atoms with Gasteiger partial charge in [0.1, 0.15) is 11.5 Å². The van der Waals surface area contributed by atoms with Gasteiger partial charge in [-0.1, -0.05) is 37.6 Å². The molecule has 1 N–H and O–H groups in total. The van der Waals surface area contributed by atoms with Crippen molar-refractivity contribution in [2.45, 2.75) is 44.9 Å². The molecule has 2 aromatic heterocycles. The van der Waals surface area contributed by atoms with Gasteiger partial charge in [0, 0.05) is 30.2 Å².